The van der Waals surface area contributed by atoms with Crippen LogP contribution < -0.4 is 0 Å². The van der Waals surface area contributed by atoms with Crippen LogP contribution in [0.15, 0.2) is 12.7 Å². The van der Waals surface area contributed by atoms with Crippen molar-refractivity contribution in [2.45, 2.75) is 46.0 Å². The maximum atomic E-state index is 11.8. The number of ether oxygens (including phenoxy) is 1. The van der Waals surface area contributed by atoms with Crippen LogP contribution in [0.25, 0.3) is 0 Å². The number of rotatable bonds is 4. The van der Waals surface area contributed by atoms with Gasteiger partial charge in [0.2, 0.25) is 0 Å². The first-order valence-electron chi connectivity index (χ1n) is 6.29. The lowest BCUT2D eigenvalue weighted by Crippen LogP contribution is -2.37. The summed E-state index contributed by atoms with van der Waals surface area (Å²) in [5.74, 6) is 2.94. The van der Waals surface area contributed by atoms with Gasteiger partial charge in [0.15, 0.2) is 0 Å². The minimum Gasteiger partial charge on any atom is -0.442 e. The molecule has 0 spiro atoms. The van der Waals surface area contributed by atoms with Crippen molar-refractivity contribution in [3.63, 3.8) is 0 Å². The summed E-state index contributed by atoms with van der Waals surface area (Å²) in [4.78, 5) is 17.2. The third kappa shape index (κ3) is 10.4. The Bertz CT molecular complexity index is 369. The molecule has 0 N–H and O–H groups in total. The molecule has 0 atom stereocenters. The predicted octanol–water partition coefficient (Wildman–Crippen LogP) is 3.22. The van der Waals surface area contributed by atoms with Gasteiger partial charge in [0.25, 0.3) is 0 Å². The fourth-order valence-corrected chi connectivity index (χ4v) is 1.62. The summed E-state index contributed by atoms with van der Waals surface area (Å²) in [6.07, 6.45) is 1.05. The summed E-state index contributed by atoms with van der Waals surface area (Å²) in [5, 5.41) is 1.14. The minimum atomic E-state index is -1.41. The maximum absolute atomic E-state index is 11.8. The van der Waals surface area contributed by atoms with Crippen LogP contribution in [0.1, 0.15) is 20.8 Å². The molecule has 5 heteroatoms. The highest BCUT2D eigenvalue weighted by atomic mass is 28.3. The lowest BCUT2D eigenvalue weighted by Gasteiger charge is -2.25. The van der Waals surface area contributed by atoms with E-state index in [1.165, 1.54) is 0 Å². The van der Waals surface area contributed by atoms with Gasteiger partial charge in [-0.05, 0) is 20.8 Å². The SMILES string of the molecule is C=CCN(OCC#C[Si](C)(C)C)C(=O)OC(C)(C)C. The molecule has 0 unspecified atom stereocenters. The van der Waals surface area contributed by atoms with Gasteiger partial charge in [-0.3, -0.25) is 4.84 Å². The van der Waals surface area contributed by atoms with Crippen LogP contribution in [0.2, 0.25) is 19.6 Å². The Morgan fingerprint density at radius 3 is 2.37 bits per heavy atom. The normalized spacial score (nSPS) is 11.3. The van der Waals surface area contributed by atoms with Gasteiger partial charge in [0, 0.05) is 0 Å². The molecular formula is C14H25NO3Si. The van der Waals surface area contributed by atoms with Gasteiger partial charge in [-0.25, -0.2) is 4.79 Å². The first kappa shape index (κ1) is 17.7. The van der Waals surface area contributed by atoms with E-state index in [0.717, 1.165) is 5.06 Å². The van der Waals surface area contributed by atoms with Crippen LogP contribution in [0.3, 0.4) is 0 Å². The highest BCUT2D eigenvalue weighted by Crippen LogP contribution is 2.10. The molecule has 0 heterocycles. The van der Waals surface area contributed by atoms with Crippen molar-refractivity contribution in [3.05, 3.63) is 12.7 Å². The molecule has 0 aromatic heterocycles. The number of hydroxylamine groups is 2. The Morgan fingerprint density at radius 1 is 1.37 bits per heavy atom. The molecule has 19 heavy (non-hydrogen) atoms. The van der Waals surface area contributed by atoms with Crippen molar-refractivity contribution in [1.82, 2.24) is 5.06 Å². The third-order valence-electron chi connectivity index (χ3n) is 1.65. The number of carbonyl (C=O) groups is 1. The molecule has 1 amide bonds. The van der Waals surface area contributed by atoms with Crippen LogP contribution >= 0.6 is 0 Å². The molecule has 0 radical (unpaired) electrons. The smallest absolute Gasteiger partial charge is 0.434 e. The molecule has 4 nitrogen and oxygen atoms in total. The molecule has 0 bridgehead atoms. The van der Waals surface area contributed by atoms with Crippen LogP contribution in [-0.2, 0) is 9.57 Å². The molecule has 0 aromatic rings. The van der Waals surface area contributed by atoms with Gasteiger partial charge >= 0.3 is 6.09 Å². The van der Waals surface area contributed by atoms with Crippen molar-refractivity contribution in [2.24, 2.45) is 0 Å². The van der Waals surface area contributed by atoms with Crippen LogP contribution in [0.4, 0.5) is 4.79 Å². The van der Waals surface area contributed by atoms with Crippen LogP contribution in [0, 0.1) is 11.5 Å². The molecule has 108 valence electrons. The van der Waals surface area contributed by atoms with E-state index >= 15 is 0 Å². The number of hydrogen-bond acceptors (Lipinski definition) is 3. The van der Waals surface area contributed by atoms with Gasteiger partial charge in [0.1, 0.15) is 20.3 Å². The van der Waals surface area contributed by atoms with E-state index in [1.807, 2.05) is 20.8 Å². The summed E-state index contributed by atoms with van der Waals surface area (Å²) in [6.45, 7) is 15.9. The summed E-state index contributed by atoms with van der Waals surface area (Å²) in [6, 6.07) is 0. The molecule has 0 rings (SSSR count). The quantitative estimate of drug-likeness (QED) is 0.344. The Balaban J connectivity index is 4.45. The van der Waals surface area contributed by atoms with Gasteiger partial charge in [0.05, 0.1) is 6.54 Å². The van der Waals surface area contributed by atoms with Crippen molar-refractivity contribution in [2.75, 3.05) is 13.2 Å². The van der Waals surface area contributed by atoms with E-state index in [9.17, 15) is 4.79 Å². The number of hydrogen-bond donors (Lipinski definition) is 0. The summed E-state index contributed by atoms with van der Waals surface area (Å²) in [7, 11) is -1.41. The van der Waals surface area contributed by atoms with Crippen LogP contribution in [-0.4, -0.2) is 38.0 Å². The zero-order valence-corrected chi connectivity index (χ0v) is 13.9. The largest absolute Gasteiger partial charge is 0.442 e. The average Bonchev–Trinajstić information content (AvgIpc) is 2.18. The molecule has 0 aliphatic heterocycles. The summed E-state index contributed by atoms with van der Waals surface area (Å²) < 4.78 is 5.23. The molecule has 0 saturated carbocycles. The van der Waals surface area contributed by atoms with E-state index in [-0.39, 0.29) is 13.2 Å². The van der Waals surface area contributed by atoms with Crippen molar-refractivity contribution >= 4 is 14.2 Å². The van der Waals surface area contributed by atoms with Crippen molar-refractivity contribution in [1.29, 1.82) is 0 Å². The lowest BCUT2D eigenvalue weighted by molar-refractivity contribution is -0.129. The summed E-state index contributed by atoms with van der Waals surface area (Å²) in [5.41, 5.74) is 2.61. The lowest BCUT2D eigenvalue weighted by atomic mass is 10.2. The molecule has 0 aromatic carbocycles. The Morgan fingerprint density at radius 2 is 1.95 bits per heavy atom. The van der Waals surface area contributed by atoms with Gasteiger partial charge in [-0.2, -0.15) is 5.06 Å². The zero-order valence-electron chi connectivity index (χ0n) is 12.9. The highest BCUT2D eigenvalue weighted by molar-refractivity contribution is 6.83. The Kier molecular flexibility index (Phi) is 6.88. The predicted molar refractivity (Wildman–Crippen MR) is 80.2 cm³/mol. The maximum Gasteiger partial charge on any atom is 0.434 e. The standard InChI is InChI=1S/C14H25NO3Si/c1-8-10-15(13(16)18-14(2,3)4)17-11-9-12-19(5,6)7/h8H,1,10-11H2,2-7H3. The summed E-state index contributed by atoms with van der Waals surface area (Å²) >= 11 is 0. The topological polar surface area (TPSA) is 38.8 Å². The Hall–Kier alpha value is -1.25. The van der Waals surface area contributed by atoms with E-state index in [4.69, 9.17) is 9.57 Å². The molecule has 0 aliphatic carbocycles. The monoisotopic (exact) mass is 283 g/mol. The molecule has 0 saturated heterocycles. The van der Waals surface area contributed by atoms with Crippen molar-refractivity contribution in [3.8, 4) is 11.5 Å². The molecule has 0 aliphatic rings. The third-order valence-corrected chi connectivity index (χ3v) is 2.57. The number of carbonyl (C=O) groups excluding carboxylic acids is 1. The van der Waals surface area contributed by atoms with E-state index in [1.54, 1.807) is 6.08 Å². The zero-order chi connectivity index (χ0) is 15.1. The fourth-order valence-electron chi connectivity index (χ4n) is 1.02. The molecular weight excluding hydrogens is 258 g/mol. The second kappa shape index (κ2) is 7.36. The van der Waals surface area contributed by atoms with Gasteiger partial charge in [-0.15, -0.1) is 12.1 Å². The molecule has 0 fully saturated rings. The number of nitrogens with zero attached hydrogens (tertiary/aromatic N) is 1. The fraction of sp³-hybridized carbons (Fsp3) is 0.643. The van der Waals surface area contributed by atoms with Crippen LogP contribution in [0.5, 0.6) is 0 Å². The van der Waals surface area contributed by atoms with Gasteiger partial charge < -0.3 is 4.74 Å². The van der Waals surface area contributed by atoms with Crippen molar-refractivity contribution < 1.29 is 14.4 Å². The average molecular weight is 283 g/mol. The van der Waals surface area contributed by atoms with E-state index < -0.39 is 19.8 Å². The highest BCUT2D eigenvalue weighted by Gasteiger charge is 2.21. The second-order valence-corrected chi connectivity index (χ2v) is 10.9. The first-order valence-corrected chi connectivity index (χ1v) is 9.79. The van der Waals surface area contributed by atoms with E-state index in [2.05, 4.69) is 37.7 Å². The van der Waals surface area contributed by atoms with E-state index in [0.29, 0.717) is 0 Å². The first-order chi connectivity index (χ1) is 8.55. The van der Waals surface area contributed by atoms with Gasteiger partial charge in [-0.1, -0.05) is 31.6 Å². The number of amides is 1. The minimum absolute atomic E-state index is 0.178. The second-order valence-electron chi connectivity index (χ2n) is 6.16. The Labute approximate surface area is 117 Å².